The van der Waals surface area contributed by atoms with Crippen LogP contribution in [0.3, 0.4) is 0 Å². The summed E-state index contributed by atoms with van der Waals surface area (Å²) in [6, 6.07) is 4.56. The van der Waals surface area contributed by atoms with Crippen LogP contribution in [0, 0.1) is 6.92 Å². The van der Waals surface area contributed by atoms with E-state index in [-0.39, 0.29) is 24.8 Å². The van der Waals surface area contributed by atoms with E-state index in [1.165, 1.54) is 7.11 Å². The minimum Gasteiger partial charge on any atom is -0.468 e. The van der Waals surface area contributed by atoms with Crippen LogP contribution < -0.4 is 5.73 Å². The summed E-state index contributed by atoms with van der Waals surface area (Å²) in [5.74, 6) is -0.474. The van der Waals surface area contributed by atoms with Crippen molar-refractivity contribution >= 4 is 30.8 Å². The number of halogens is 2. The molecule has 0 radical (unpaired) electrons. The second-order valence-corrected chi connectivity index (χ2v) is 2.70. The van der Waals surface area contributed by atoms with Crippen LogP contribution in [0.15, 0.2) is 18.2 Å². The van der Waals surface area contributed by atoms with Gasteiger partial charge in [0, 0.05) is 5.69 Å². The molecule has 0 aliphatic rings. The number of nitrogens with two attached hydrogens (primary N) is 1. The zero-order chi connectivity index (χ0) is 9.84. The quantitative estimate of drug-likeness (QED) is 0.809. The number of aromatic nitrogens is 1. The number of hydrogen-bond acceptors (Lipinski definition) is 4. The third-order valence-corrected chi connectivity index (χ3v) is 1.68. The molecule has 0 fully saturated rings. The van der Waals surface area contributed by atoms with Crippen LogP contribution in [-0.4, -0.2) is 18.1 Å². The van der Waals surface area contributed by atoms with Gasteiger partial charge in [0.1, 0.15) is 6.04 Å². The average molecular weight is 253 g/mol. The number of ether oxygens (including phenoxy) is 1. The second kappa shape index (κ2) is 7.45. The van der Waals surface area contributed by atoms with Crippen LogP contribution in [0.1, 0.15) is 17.4 Å². The van der Waals surface area contributed by atoms with Gasteiger partial charge >= 0.3 is 5.97 Å². The van der Waals surface area contributed by atoms with Gasteiger partial charge in [-0.1, -0.05) is 6.07 Å². The Morgan fingerprint density at radius 3 is 2.53 bits per heavy atom. The number of aryl methyl sites for hydroxylation is 1. The standard InChI is InChI=1S/C9H12N2O2.2ClH/c1-6-4-3-5-7(11-6)8(10)9(12)13-2;;/h3-5,8H,10H2,1-2H3;2*1H. The van der Waals surface area contributed by atoms with Crippen LogP contribution in [0.4, 0.5) is 0 Å². The topological polar surface area (TPSA) is 65.2 Å². The molecular formula is C9H14Cl2N2O2. The lowest BCUT2D eigenvalue weighted by atomic mass is 10.2. The molecule has 0 saturated heterocycles. The van der Waals surface area contributed by atoms with E-state index in [9.17, 15) is 4.79 Å². The molecule has 1 rings (SSSR count). The monoisotopic (exact) mass is 252 g/mol. The third kappa shape index (κ3) is 4.46. The number of hydrogen-bond donors (Lipinski definition) is 1. The molecule has 0 aliphatic heterocycles. The fourth-order valence-electron chi connectivity index (χ4n) is 0.985. The maximum atomic E-state index is 11.0. The molecule has 0 saturated carbocycles. The molecule has 0 amide bonds. The summed E-state index contributed by atoms with van der Waals surface area (Å²) in [7, 11) is 1.30. The predicted octanol–water partition coefficient (Wildman–Crippen LogP) is 1.41. The van der Waals surface area contributed by atoms with Gasteiger partial charge in [-0.3, -0.25) is 4.98 Å². The molecule has 0 spiro atoms. The number of pyridine rings is 1. The highest BCUT2D eigenvalue weighted by Gasteiger charge is 2.16. The lowest BCUT2D eigenvalue weighted by Gasteiger charge is -2.08. The van der Waals surface area contributed by atoms with Gasteiger partial charge in [-0.25, -0.2) is 4.79 Å². The van der Waals surface area contributed by atoms with Gasteiger partial charge in [0.15, 0.2) is 0 Å². The Kier molecular flexibility index (Phi) is 8.24. The molecule has 15 heavy (non-hydrogen) atoms. The molecule has 1 unspecified atom stereocenters. The number of esters is 1. The molecule has 4 nitrogen and oxygen atoms in total. The van der Waals surface area contributed by atoms with Gasteiger partial charge in [-0.05, 0) is 19.1 Å². The Morgan fingerprint density at radius 1 is 1.47 bits per heavy atom. The summed E-state index contributed by atoms with van der Waals surface area (Å²) in [5, 5.41) is 0. The SMILES string of the molecule is COC(=O)C(N)c1cccc(C)n1.Cl.Cl. The molecule has 1 atom stereocenters. The van der Waals surface area contributed by atoms with Crippen LogP contribution in [0.25, 0.3) is 0 Å². The molecule has 1 heterocycles. The number of methoxy groups -OCH3 is 1. The van der Waals surface area contributed by atoms with E-state index in [4.69, 9.17) is 5.73 Å². The van der Waals surface area contributed by atoms with Gasteiger partial charge in [0.05, 0.1) is 12.8 Å². The van der Waals surface area contributed by atoms with Crippen molar-refractivity contribution < 1.29 is 9.53 Å². The van der Waals surface area contributed by atoms with Gasteiger partial charge in [-0.15, -0.1) is 24.8 Å². The molecule has 86 valence electrons. The van der Waals surface area contributed by atoms with Crippen LogP contribution in [0.2, 0.25) is 0 Å². The Morgan fingerprint density at radius 2 is 2.07 bits per heavy atom. The minimum atomic E-state index is -0.787. The van der Waals surface area contributed by atoms with E-state index >= 15 is 0 Å². The fraction of sp³-hybridized carbons (Fsp3) is 0.333. The lowest BCUT2D eigenvalue weighted by Crippen LogP contribution is -2.23. The smallest absolute Gasteiger partial charge is 0.328 e. The highest BCUT2D eigenvalue weighted by molar-refractivity contribution is 5.85. The zero-order valence-corrected chi connectivity index (χ0v) is 10.1. The second-order valence-electron chi connectivity index (χ2n) is 2.70. The lowest BCUT2D eigenvalue weighted by molar-refractivity contribution is -0.142. The first kappa shape index (κ1) is 16.6. The molecular weight excluding hydrogens is 239 g/mol. The van der Waals surface area contributed by atoms with Crippen molar-refractivity contribution in [1.29, 1.82) is 0 Å². The summed E-state index contributed by atoms with van der Waals surface area (Å²) in [6.07, 6.45) is 0. The first-order valence-electron chi connectivity index (χ1n) is 3.92. The van der Waals surface area contributed by atoms with Crippen molar-refractivity contribution in [3.05, 3.63) is 29.6 Å². The maximum Gasteiger partial charge on any atom is 0.328 e. The number of rotatable bonds is 2. The van der Waals surface area contributed by atoms with E-state index in [2.05, 4.69) is 9.72 Å². The molecule has 6 heteroatoms. The largest absolute Gasteiger partial charge is 0.468 e. The van der Waals surface area contributed by atoms with Crippen molar-refractivity contribution in [2.24, 2.45) is 5.73 Å². The van der Waals surface area contributed by atoms with Crippen LogP contribution >= 0.6 is 24.8 Å². The molecule has 2 N–H and O–H groups in total. The molecule has 1 aromatic heterocycles. The maximum absolute atomic E-state index is 11.0. The van der Waals surface area contributed by atoms with Gasteiger partial charge < -0.3 is 10.5 Å². The molecule has 0 aliphatic carbocycles. The summed E-state index contributed by atoms with van der Waals surface area (Å²) < 4.78 is 4.50. The van der Waals surface area contributed by atoms with E-state index < -0.39 is 12.0 Å². The Bertz CT molecular complexity index is 321. The van der Waals surface area contributed by atoms with Gasteiger partial charge in [0.2, 0.25) is 0 Å². The average Bonchev–Trinajstić information content (AvgIpc) is 2.15. The zero-order valence-electron chi connectivity index (χ0n) is 8.47. The summed E-state index contributed by atoms with van der Waals surface area (Å²) in [4.78, 5) is 15.2. The fourth-order valence-corrected chi connectivity index (χ4v) is 0.985. The first-order chi connectivity index (χ1) is 6.15. The van der Waals surface area contributed by atoms with Crippen molar-refractivity contribution in [2.45, 2.75) is 13.0 Å². The van der Waals surface area contributed by atoms with Crippen molar-refractivity contribution in [3.63, 3.8) is 0 Å². The Labute approximate surface area is 101 Å². The van der Waals surface area contributed by atoms with Crippen LogP contribution in [0.5, 0.6) is 0 Å². The van der Waals surface area contributed by atoms with Crippen molar-refractivity contribution in [3.8, 4) is 0 Å². The molecule has 0 bridgehead atoms. The van der Waals surface area contributed by atoms with Gasteiger partial charge in [0.25, 0.3) is 0 Å². The van der Waals surface area contributed by atoms with E-state index in [0.717, 1.165) is 5.69 Å². The molecule has 0 aromatic carbocycles. The van der Waals surface area contributed by atoms with E-state index in [1.807, 2.05) is 13.0 Å². The third-order valence-electron chi connectivity index (χ3n) is 1.68. The highest BCUT2D eigenvalue weighted by Crippen LogP contribution is 2.08. The first-order valence-corrected chi connectivity index (χ1v) is 3.92. The minimum absolute atomic E-state index is 0. The summed E-state index contributed by atoms with van der Waals surface area (Å²) in [5.41, 5.74) is 6.95. The van der Waals surface area contributed by atoms with Crippen LogP contribution in [-0.2, 0) is 9.53 Å². The Balaban J connectivity index is 0. The van der Waals surface area contributed by atoms with Crippen molar-refractivity contribution in [1.82, 2.24) is 4.98 Å². The van der Waals surface area contributed by atoms with Gasteiger partial charge in [-0.2, -0.15) is 0 Å². The Hall–Kier alpha value is -0.840. The van der Waals surface area contributed by atoms with E-state index in [1.54, 1.807) is 12.1 Å². The number of nitrogens with zero attached hydrogens (tertiary/aromatic N) is 1. The summed E-state index contributed by atoms with van der Waals surface area (Å²) in [6.45, 7) is 1.84. The normalized spacial score (nSPS) is 10.6. The summed E-state index contributed by atoms with van der Waals surface area (Å²) >= 11 is 0. The predicted molar refractivity (Wildman–Crippen MR) is 62.4 cm³/mol. The number of carbonyl (C=O) groups is 1. The highest BCUT2D eigenvalue weighted by atomic mass is 35.5. The van der Waals surface area contributed by atoms with E-state index in [0.29, 0.717) is 5.69 Å². The number of carbonyl (C=O) groups excluding carboxylic acids is 1. The molecule has 1 aromatic rings. The van der Waals surface area contributed by atoms with Crippen molar-refractivity contribution in [2.75, 3.05) is 7.11 Å².